The molecule has 0 spiro atoms. The molecule has 0 fully saturated rings. The molecule has 0 saturated carbocycles. The summed E-state index contributed by atoms with van der Waals surface area (Å²) in [4.78, 5) is 3.97. The smallest absolute Gasteiger partial charge is 0.177 e. The molecule has 0 aromatic carbocycles. The van der Waals surface area contributed by atoms with Crippen LogP contribution in [0.4, 0.5) is 0 Å². The first-order valence-corrected chi connectivity index (χ1v) is 2.85. The molecular weight excluding hydrogens is 114 g/mol. The predicted octanol–water partition coefficient (Wildman–Crippen LogP) is 1.50. The van der Waals surface area contributed by atoms with Crippen LogP contribution >= 0.6 is 0 Å². The fourth-order valence-electron chi connectivity index (χ4n) is 0.716. The van der Waals surface area contributed by atoms with Crippen LogP contribution < -0.4 is 0 Å². The highest BCUT2D eigenvalue weighted by atomic mass is 16.5. The third-order valence-corrected chi connectivity index (χ3v) is 1.21. The zero-order chi connectivity index (χ0) is 6.69. The summed E-state index contributed by atoms with van der Waals surface area (Å²) in [5, 5.41) is 0. The molecule has 1 heterocycles. The monoisotopic (exact) mass is 123 g/mol. The van der Waals surface area contributed by atoms with Gasteiger partial charge in [-0.05, 0) is 13.0 Å². The van der Waals surface area contributed by atoms with E-state index in [1.807, 2.05) is 13.0 Å². The van der Waals surface area contributed by atoms with Crippen LogP contribution in [0.5, 0.6) is 0 Å². The molecule has 0 radical (unpaired) electrons. The first-order chi connectivity index (χ1) is 4.38. The Morgan fingerprint density at radius 3 is 3.11 bits per heavy atom. The number of hydrogen-bond donors (Lipinski definition) is 0. The van der Waals surface area contributed by atoms with Crippen LogP contribution in [-0.4, -0.2) is 12.4 Å². The normalized spacial score (nSPS) is 28.6. The molecule has 0 aromatic heterocycles. The minimum atomic E-state index is 0.0509. The average Bonchev–Trinajstić information content (AvgIpc) is 2.33. The number of nitrogens with zero attached hydrogens (tertiary/aromatic N) is 1. The van der Waals surface area contributed by atoms with E-state index in [1.165, 1.54) is 6.40 Å². The molecule has 2 heteroatoms. The molecule has 0 amide bonds. The average molecular weight is 123 g/mol. The maximum absolute atomic E-state index is 5.00. The standard InChI is InChI=1S/C7H9NO/c1-3-6-7(4-2)9-5-8-6/h3-6H,1H2,2H3/b7-4+. The van der Waals surface area contributed by atoms with Crippen LogP contribution in [0.25, 0.3) is 0 Å². The van der Waals surface area contributed by atoms with Gasteiger partial charge in [-0.3, -0.25) is 0 Å². The maximum atomic E-state index is 5.00. The largest absolute Gasteiger partial charge is 0.448 e. The lowest BCUT2D eigenvalue weighted by atomic mass is 10.2. The Morgan fingerprint density at radius 1 is 1.89 bits per heavy atom. The topological polar surface area (TPSA) is 21.6 Å². The molecule has 1 aliphatic rings. The second kappa shape index (κ2) is 2.49. The fourth-order valence-corrected chi connectivity index (χ4v) is 0.716. The van der Waals surface area contributed by atoms with Crippen molar-refractivity contribution >= 4 is 6.40 Å². The van der Waals surface area contributed by atoms with E-state index in [-0.39, 0.29) is 6.04 Å². The zero-order valence-corrected chi connectivity index (χ0v) is 5.37. The molecular formula is C7H9NO. The second-order valence-electron chi connectivity index (χ2n) is 1.74. The molecule has 0 N–H and O–H groups in total. The molecule has 0 saturated heterocycles. The zero-order valence-electron chi connectivity index (χ0n) is 5.37. The lowest BCUT2D eigenvalue weighted by molar-refractivity contribution is 0.441. The Labute approximate surface area is 54.6 Å². The van der Waals surface area contributed by atoms with E-state index in [1.54, 1.807) is 6.08 Å². The number of aliphatic imine (C=N–C) groups is 1. The van der Waals surface area contributed by atoms with Gasteiger partial charge < -0.3 is 4.74 Å². The highest BCUT2D eigenvalue weighted by Crippen LogP contribution is 2.13. The summed E-state index contributed by atoms with van der Waals surface area (Å²) in [6, 6.07) is 0.0509. The first-order valence-electron chi connectivity index (χ1n) is 2.85. The Hall–Kier alpha value is -1.05. The van der Waals surface area contributed by atoms with E-state index in [0.29, 0.717) is 0 Å². The predicted molar refractivity (Wildman–Crippen MR) is 37.3 cm³/mol. The summed E-state index contributed by atoms with van der Waals surface area (Å²) in [5.41, 5.74) is 0. The minimum absolute atomic E-state index is 0.0509. The Morgan fingerprint density at radius 2 is 2.67 bits per heavy atom. The molecule has 48 valence electrons. The number of hydrogen-bond acceptors (Lipinski definition) is 2. The van der Waals surface area contributed by atoms with Crippen molar-refractivity contribution in [3.8, 4) is 0 Å². The van der Waals surface area contributed by atoms with E-state index in [0.717, 1.165) is 5.76 Å². The lowest BCUT2D eigenvalue weighted by Crippen LogP contribution is -1.97. The Bertz CT molecular complexity index is 170. The van der Waals surface area contributed by atoms with Crippen LogP contribution in [0.15, 0.2) is 29.5 Å². The van der Waals surface area contributed by atoms with Gasteiger partial charge in [-0.1, -0.05) is 6.08 Å². The van der Waals surface area contributed by atoms with E-state index in [4.69, 9.17) is 4.74 Å². The number of allylic oxidation sites excluding steroid dienone is 1. The Kier molecular flexibility index (Phi) is 1.68. The summed E-state index contributed by atoms with van der Waals surface area (Å²) in [7, 11) is 0. The van der Waals surface area contributed by atoms with Gasteiger partial charge in [0.15, 0.2) is 6.40 Å². The van der Waals surface area contributed by atoms with Crippen LogP contribution in [0.3, 0.4) is 0 Å². The van der Waals surface area contributed by atoms with Gasteiger partial charge in [0.1, 0.15) is 11.8 Å². The number of rotatable bonds is 1. The van der Waals surface area contributed by atoms with Crippen LogP contribution in [-0.2, 0) is 4.74 Å². The molecule has 1 rings (SSSR count). The van der Waals surface area contributed by atoms with Gasteiger partial charge in [0.05, 0.1) is 0 Å². The van der Waals surface area contributed by atoms with Gasteiger partial charge in [0.25, 0.3) is 0 Å². The maximum Gasteiger partial charge on any atom is 0.177 e. The van der Waals surface area contributed by atoms with Crippen LogP contribution in [0, 0.1) is 0 Å². The van der Waals surface area contributed by atoms with Crippen LogP contribution in [0.2, 0.25) is 0 Å². The van der Waals surface area contributed by atoms with Crippen molar-refractivity contribution in [2.75, 3.05) is 0 Å². The van der Waals surface area contributed by atoms with Gasteiger partial charge in [-0.2, -0.15) is 0 Å². The highest BCUT2D eigenvalue weighted by molar-refractivity contribution is 5.54. The fraction of sp³-hybridized carbons (Fsp3) is 0.286. The molecule has 1 unspecified atom stereocenters. The van der Waals surface area contributed by atoms with Gasteiger partial charge in [0.2, 0.25) is 0 Å². The quantitative estimate of drug-likeness (QED) is 0.484. The second-order valence-corrected chi connectivity index (χ2v) is 1.74. The highest BCUT2D eigenvalue weighted by Gasteiger charge is 2.12. The van der Waals surface area contributed by atoms with Gasteiger partial charge in [0, 0.05) is 0 Å². The van der Waals surface area contributed by atoms with Gasteiger partial charge in [-0.15, -0.1) is 6.58 Å². The van der Waals surface area contributed by atoms with E-state index in [2.05, 4.69) is 11.6 Å². The summed E-state index contributed by atoms with van der Waals surface area (Å²) >= 11 is 0. The van der Waals surface area contributed by atoms with E-state index in [9.17, 15) is 0 Å². The molecule has 0 aromatic rings. The van der Waals surface area contributed by atoms with Crippen molar-refractivity contribution in [1.82, 2.24) is 0 Å². The van der Waals surface area contributed by atoms with Crippen molar-refractivity contribution < 1.29 is 4.74 Å². The van der Waals surface area contributed by atoms with E-state index >= 15 is 0 Å². The molecule has 0 aliphatic carbocycles. The first kappa shape index (κ1) is 6.08. The molecule has 0 bridgehead atoms. The third-order valence-electron chi connectivity index (χ3n) is 1.21. The molecule has 1 aliphatic heterocycles. The SMILES string of the molecule is C=CC1N=CO/C1=C/C. The molecule has 1 atom stereocenters. The summed E-state index contributed by atoms with van der Waals surface area (Å²) in [6.45, 7) is 5.52. The van der Waals surface area contributed by atoms with Crippen molar-refractivity contribution in [2.24, 2.45) is 4.99 Å². The third kappa shape index (κ3) is 1.02. The minimum Gasteiger partial charge on any atom is -0.448 e. The molecule has 9 heavy (non-hydrogen) atoms. The van der Waals surface area contributed by atoms with Crippen molar-refractivity contribution in [2.45, 2.75) is 13.0 Å². The lowest BCUT2D eigenvalue weighted by Gasteiger charge is -1.98. The summed E-state index contributed by atoms with van der Waals surface area (Å²) < 4.78 is 5.00. The Balaban J connectivity index is 2.71. The number of ether oxygens (including phenoxy) is 1. The van der Waals surface area contributed by atoms with Crippen LogP contribution in [0.1, 0.15) is 6.92 Å². The van der Waals surface area contributed by atoms with Crippen molar-refractivity contribution in [3.05, 3.63) is 24.5 Å². The van der Waals surface area contributed by atoms with Gasteiger partial charge >= 0.3 is 0 Å². The molecule has 2 nitrogen and oxygen atoms in total. The van der Waals surface area contributed by atoms with Gasteiger partial charge in [-0.25, -0.2) is 4.99 Å². The summed E-state index contributed by atoms with van der Waals surface area (Å²) in [6.07, 6.45) is 5.08. The summed E-state index contributed by atoms with van der Waals surface area (Å²) in [5.74, 6) is 0.866. The van der Waals surface area contributed by atoms with Crippen molar-refractivity contribution in [1.29, 1.82) is 0 Å². The van der Waals surface area contributed by atoms with Crippen molar-refractivity contribution in [3.63, 3.8) is 0 Å². The van der Waals surface area contributed by atoms with E-state index < -0.39 is 0 Å².